The first-order valence-electron chi connectivity index (χ1n) is 14.6. The second-order valence-electron chi connectivity index (χ2n) is 11.4. The van der Waals surface area contributed by atoms with Crippen LogP contribution in [0.5, 0.6) is 28.7 Å². The van der Waals surface area contributed by atoms with Gasteiger partial charge in [-0.15, -0.1) is 0 Å². The van der Waals surface area contributed by atoms with Gasteiger partial charge in [0.1, 0.15) is 24.6 Å². The summed E-state index contributed by atoms with van der Waals surface area (Å²) < 4.78 is 54.0. The molecule has 4 heterocycles. The van der Waals surface area contributed by atoms with Crippen LogP contribution in [0.1, 0.15) is 48.0 Å². The highest BCUT2D eigenvalue weighted by Gasteiger charge is 2.59. The van der Waals surface area contributed by atoms with E-state index in [4.69, 9.17) is 42.6 Å². The minimum atomic E-state index is -0.893. The normalized spacial score (nSPS) is 26.4. The van der Waals surface area contributed by atoms with E-state index in [2.05, 4.69) is 0 Å². The van der Waals surface area contributed by atoms with E-state index in [-0.39, 0.29) is 20.0 Å². The Labute approximate surface area is 247 Å². The van der Waals surface area contributed by atoms with E-state index < -0.39 is 36.4 Å². The number of aliphatic hydroxyl groups is 1. The van der Waals surface area contributed by atoms with Crippen LogP contribution in [0.2, 0.25) is 0 Å². The molecule has 3 aromatic carbocycles. The summed E-state index contributed by atoms with van der Waals surface area (Å²) in [5.41, 5.74) is 2.36. The fourth-order valence-corrected chi connectivity index (χ4v) is 7.06. The van der Waals surface area contributed by atoms with Crippen LogP contribution >= 0.6 is 0 Å². The smallest absolute Gasteiger partial charge is 0.339 e. The molecule has 0 radical (unpaired) electrons. The third-order valence-corrected chi connectivity index (χ3v) is 9.07. The molecule has 1 saturated carbocycles. The van der Waals surface area contributed by atoms with Gasteiger partial charge in [0.2, 0.25) is 13.1 Å². The van der Waals surface area contributed by atoms with Crippen molar-refractivity contribution in [2.24, 2.45) is 0 Å². The Hall–Kier alpha value is -3.77. The summed E-state index contributed by atoms with van der Waals surface area (Å²) in [4.78, 5) is 13.4. The lowest BCUT2D eigenvalue weighted by atomic mass is 9.89. The molecule has 0 bridgehead atoms. The van der Waals surface area contributed by atoms with Crippen molar-refractivity contribution in [3.8, 4) is 39.9 Å². The summed E-state index contributed by atoms with van der Waals surface area (Å²) in [7, 11) is 3.12. The van der Waals surface area contributed by atoms with Crippen molar-refractivity contribution >= 4 is 16.7 Å². The van der Waals surface area contributed by atoms with Crippen LogP contribution in [-0.2, 0) is 25.6 Å². The second-order valence-corrected chi connectivity index (χ2v) is 11.4. The van der Waals surface area contributed by atoms with Crippen LogP contribution in [0.25, 0.3) is 21.9 Å². The Morgan fingerprint density at radius 2 is 1.63 bits per heavy atom. The number of aliphatic hydroxyl groups excluding tert-OH is 1. The molecule has 11 heteroatoms. The van der Waals surface area contributed by atoms with Crippen LogP contribution < -0.4 is 23.7 Å². The quantitative estimate of drug-likeness (QED) is 0.409. The Balaban J connectivity index is 1.29. The zero-order chi connectivity index (χ0) is 29.3. The molecule has 1 aliphatic carbocycles. The van der Waals surface area contributed by atoms with Crippen molar-refractivity contribution in [2.75, 3.05) is 27.6 Å². The van der Waals surface area contributed by atoms with Gasteiger partial charge in [0.15, 0.2) is 34.9 Å². The molecular formula is C32H32O11. The summed E-state index contributed by atoms with van der Waals surface area (Å²) in [5, 5.41) is 11.5. The summed E-state index contributed by atoms with van der Waals surface area (Å²) in [6.45, 7) is -0.102. The first-order chi connectivity index (χ1) is 21.0. The maximum Gasteiger partial charge on any atom is 0.339 e. The van der Waals surface area contributed by atoms with Gasteiger partial charge in [0, 0.05) is 29.4 Å². The van der Waals surface area contributed by atoms with Crippen molar-refractivity contribution in [2.45, 2.75) is 69.1 Å². The van der Waals surface area contributed by atoms with Crippen molar-refractivity contribution in [1.29, 1.82) is 0 Å². The molecule has 8 rings (SSSR count). The summed E-state index contributed by atoms with van der Waals surface area (Å²) in [6.07, 6.45) is 2.18. The number of hydrogen-bond donors (Lipinski definition) is 1. The molecule has 1 spiro atoms. The third kappa shape index (κ3) is 4.13. The van der Waals surface area contributed by atoms with Crippen LogP contribution in [0.15, 0.2) is 30.3 Å². The average molecular weight is 593 g/mol. The van der Waals surface area contributed by atoms with Gasteiger partial charge < -0.3 is 47.7 Å². The van der Waals surface area contributed by atoms with Gasteiger partial charge in [-0.1, -0.05) is 12.5 Å². The number of carbonyl (C=O) groups is 1. The number of rotatable bonds is 6. The molecule has 4 aliphatic heterocycles. The van der Waals surface area contributed by atoms with Gasteiger partial charge in [-0.05, 0) is 48.1 Å². The lowest BCUT2D eigenvalue weighted by Crippen LogP contribution is -2.38. The Bertz CT molecular complexity index is 1610. The van der Waals surface area contributed by atoms with Gasteiger partial charge in [-0.25, -0.2) is 4.79 Å². The van der Waals surface area contributed by atoms with E-state index >= 15 is 0 Å². The zero-order valence-electron chi connectivity index (χ0n) is 23.9. The Morgan fingerprint density at radius 3 is 2.40 bits per heavy atom. The molecular weight excluding hydrogens is 560 g/mol. The SMILES string of the molecule is COc1cc2c(OC3OC(CO)C4OC5(CCCCC5)OC34)c3c(c(-c4ccc5c(c4)OCO5)c2cc1OC)C(=O)OC3. The van der Waals surface area contributed by atoms with Crippen LogP contribution in [-0.4, -0.2) is 69.1 Å². The molecule has 4 unspecified atom stereocenters. The van der Waals surface area contributed by atoms with Crippen LogP contribution in [0.3, 0.4) is 0 Å². The summed E-state index contributed by atoms with van der Waals surface area (Å²) in [6, 6.07) is 9.21. The molecule has 3 fully saturated rings. The predicted octanol–water partition coefficient (Wildman–Crippen LogP) is 4.46. The number of benzene rings is 3. The van der Waals surface area contributed by atoms with Crippen molar-refractivity contribution in [3.05, 3.63) is 41.5 Å². The standard InChI is InChI=1S/C32H32O11/c1-35-21-11-17-18(12-22(21)36-2)27(41-31-29-28(24(13-33)40-31)42-32(43-29)8-4-3-5-9-32)19-14-37-30(34)26(19)25(17)16-6-7-20-23(10-16)39-15-38-20/h6-7,10-12,24,28-29,31,33H,3-5,8-9,13-15H2,1-2H3. The van der Waals surface area contributed by atoms with Crippen LogP contribution in [0.4, 0.5) is 0 Å². The van der Waals surface area contributed by atoms with Gasteiger partial charge in [-0.2, -0.15) is 0 Å². The second kappa shape index (κ2) is 10.2. The largest absolute Gasteiger partial charge is 0.493 e. The maximum absolute atomic E-state index is 13.4. The molecule has 0 amide bonds. The minimum Gasteiger partial charge on any atom is -0.493 e. The fraction of sp³-hybridized carbons (Fsp3) is 0.469. The third-order valence-electron chi connectivity index (χ3n) is 9.07. The minimum absolute atomic E-state index is 0.0108. The van der Waals surface area contributed by atoms with Gasteiger partial charge in [0.05, 0.1) is 26.4 Å². The topological polar surface area (TPSA) is 120 Å². The Kier molecular flexibility index (Phi) is 6.34. The van der Waals surface area contributed by atoms with Gasteiger partial charge in [-0.3, -0.25) is 0 Å². The number of esters is 1. The highest BCUT2D eigenvalue weighted by molar-refractivity contribution is 6.14. The molecule has 5 aliphatic rings. The zero-order valence-corrected chi connectivity index (χ0v) is 23.9. The van der Waals surface area contributed by atoms with E-state index in [1.807, 2.05) is 30.3 Å². The molecule has 4 atom stereocenters. The summed E-state index contributed by atoms with van der Waals surface area (Å²) in [5.74, 6) is 1.44. The Morgan fingerprint density at radius 1 is 0.884 bits per heavy atom. The van der Waals surface area contributed by atoms with Gasteiger partial charge >= 0.3 is 5.97 Å². The molecule has 2 saturated heterocycles. The fourth-order valence-electron chi connectivity index (χ4n) is 7.06. The molecule has 43 heavy (non-hydrogen) atoms. The monoisotopic (exact) mass is 592 g/mol. The van der Waals surface area contributed by atoms with Gasteiger partial charge in [0.25, 0.3) is 0 Å². The van der Waals surface area contributed by atoms with E-state index in [9.17, 15) is 9.90 Å². The van der Waals surface area contributed by atoms with E-state index in [0.717, 1.165) is 37.7 Å². The molecule has 226 valence electrons. The number of cyclic esters (lactones) is 1. The molecule has 0 aromatic heterocycles. The maximum atomic E-state index is 13.4. The van der Waals surface area contributed by atoms with Crippen molar-refractivity contribution in [3.63, 3.8) is 0 Å². The molecule has 1 N–H and O–H groups in total. The average Bonchev–Trinajstić information content (AvgIpc) is 3.81. The highest BCUT2D eigenvalue weighted by atomic mass is 16.8. The lowest BCUT2D eigenvalue weighted by molar-refractivity contribution is -0.244. The van der Waals surface area contributed by atoms with E-state index in [1.165, 1.54) is 0 Å². The van der Waals surface area contributed by atoms with E-state index in [0.29, 0.717) is 56.2 Å². The first kappa shape index (κ1) is 26.8. The number of methoxy groups -OCH3 is 2. The van der Waals surface area contributed by atoms with E-state index in [1.54, 1.807) is 14.2 Å². The lowest BCUT2D eigenvalue weighted by Gasteiger charge is -2.34. The number of hydrogen-bond acceptors (Lipinski definition) is 11. The number of ether oxygens (including phenoxy) is 9. The highest BCUT2D eigenvalue weighted by Crippen LogP contribution is 2.51. The molecule has 3 aromatic rings. The van der Waals surface area contributed by atoms with Crippen molar-refractivity contribution in [1.82, 2.24) is 0 Å². The molecule has 11 nitrogen and oxygen atoms in total. The number of fused-ring (bicyclic) bond motifs is 4. The van der Waals surface area contributed by atoms with Crippen LogP contribution in [0, 0.1) is 0 Å². The summed E-state index contributed by atoms with van der Waals surface area (Å²) >= 11 is 0. The first-order valence-corrected chi connectivity index (χ1v) is 14.6. The number of carbonyl (C=O) groups excluding carboxylic acids is 1. The predicted molar refractivity (Wildman–Crippen MR) is 150 cm³/mol. The van der Waals surface area contributed by atoms with Crippen molar-refractivity contribution < 1.29 is 52.5 Å².